The molecule has 0 unspecified atom stereocenters. The summed E-state index contributed by atoms with van der Waals surface area (Å²) in [6.45, 7) is 1.57. The van der Waals surface area contributed by atoms with Gasteiger partial charge in [0.05, 0.1) is 5.54 Å². The number of alkyl halides is 5. The second-order valence-electron chi connectivity index (χ2n) is 7.86. The van der Waals surface area contributed by atoms with Crippen LogP contribution in [0.3, 0.4) is 0 Å². The lowest BCUT2D eigenvalue weighted by molar-refractivity contribution is -0.208. The average Bonchev–Trinajstić information content (AvgIpc) is 2.68. The maximum Gasteiger partial charge on any atom is 0.425 e. The van der Waals surface area contributed by atoms with Crippen molar-refractivity contribution in [2.75, 3.05) is 18.4 Å². The zero-order chi connectivity index (χ0) is 23.0. The molecule has 1 aromatic carbocycles. The van der Waals surface area contributed by atoms with Crippen LogP contribution in [0, 0.1) is 11.7 Å². The number of benzene rings is 1. The number of anilines is 1. The number of nitrogens with zero attached hydrogens (tertiary/aromatic N) is 2. The van der Waals surface area contributed by atoms with Crippen molar-refractivity contribution in [1.82, 2.24) is 4.90 Å². The van der Waals surface area contributed by atoms with Crippen LogP contribution in [-0.2, 0) is 10.3 Å². The summed E-state index contributed by atoms with van der Waals surface area (Å²) in [5.74, 6) is -1.59. The number of amides is 2. The van der Waals surface area contributed by atoms with Crippen molar-refractivity contribution in [2.45, 2.75) is 50.4 Å². The van der Waals surface area contributed by atoms with Crippen molar-refractivity contribution in [2.24, 2.45) is 16.6 Å². The highest BCUT2D eigenvalue weighted by molar-refractivity contribution is 5.89. The summed E-state index contributed by atoms with van der Waals surface area (Å²) in [5, 5.41) is 2.53. The van der Waals surface area contributed by atoms with Gasteiger partial charge in [0, 0.05) is 36.7 Å². The van der Waals surface area contributed by atoms with Crippen LogP contribution in [0.1, 0.15) is 31.7 Å². The molecule has 0 radical (unpaired) electrons. The maximum atomic E-state index is 14.5. The first-order valence-electron chi connectivity index (χ1n) is 9.62. The summed E-state index contributed by atoms with van der Waals surface area (Å²) >= 11 is 0. The van der Waals surface area contributed by atoms with Gasteiger partial charge in [-0.3, -0.25) is 0 Å². The van der Waals surface area contributed by atoms with Gasteiger partial charge in [0.15, 0.2) is 6.10 Å². The number of hydrogen-bond donors (Lipinski definition) is 2. The predicted octanol–water partition coefficient (Wildman–Crippen LogP) is 4.22. The largest absolute Gasteiger partial charge is 0.452 e. The summed E-state index contributed by atoms with van der Waals surface area (Å²) < 4.78 is 84.1. The van der Waals surface area contributed by atoms with Gasteiger partial charge in [-0.2, -0.15) is 13.2 Å². The molecule has 2 aliphatic heterocycles. The number of halogens is 6. The van der Waals surface area contributed by atoms with E-state index in [9.17, 15) is 31.1 Å². The van der Waals surface area contributed by atoms with E-state index in [2.05, 4.69) is 15.0 Å². The number of urea groups is 1. The standard InChI is InChI=1S/C19H22F6N4O2/c1-18(9-14(19(23,24)25)31-16(26)28-18)12-8-11(2-3-13(12)20)27-17(30)29-6-4-10(5-7-29)15(21)22/h2-3,8,10,14-15H,4-7,9H2,1H3,(H2,26,28)(H,27,30)/t14-,18+/m0/s1. The molecule has 0 saturated carbocycles. The van der Waals surface area contributed by atoms with Gasteiger partial charge in [-0.05, 0) is 38.0 Å². The quantitative estimate of drug-likeness (QED) is 0.675. The number of nitrogens with one attached hydrogen (secondary N) is 1. The SMILES string of the molecule is C[C@]1(c2cc(NC(=O)N3CCC(C(F)F)CC3)ccc2F)C[C@@H](C(F)(F)F)OC(N)=N1. The smallest absolute Gasteiger partial charge is 0.425 e. The van der Waals surface area contributed by atoms with Crippen LogP contribution < -0.4 is 11.1 Å². The Labute approximate surface area is 174 Å². The van der Waals surface area contributed by atoms with Gasteiger partial charge in [0.2, 0.25) is 6.43 Å². The molecule has 0 bridgehead atoms. The number of aliphatic imine (C=N–C) groups is 1. The van der Waals surface area contributed by atoms with Crippen LogP contribution in [0.4, 0.5) is 36.8 Å². The molecule has 172 valence electrons. The van der Waals surface area contributed by atoms with Gasteiger partial charge in [0.25, 0.3) is 6.02 Å². The number of hydrogen-bond acceptors (Lipinski definition) is 4. The highest BCUT2D eigenvalue weighted by Gasteiger charge is 2.50. The third-order valence-electron chi connectivity index (χ3n) is 5.55. The minimum Gasteiger partial charge on any atom is -0.452 e. The first-order valence-corrected chi connectivity index (χ1v) is 9.62. The van der Waals surface area contributed by atoms with E-state index in [1.165, 1.54) is 24.0 Å². The van der Waals surface area contributed by atoms with E-state index in [1.54, 1.807) is 0 Å². The molecule has 1 aromatic rings. The van der Waals surface area contributed by atoms with E-state index >= 15 is 0 Å². The fourth-order valence-corrected chi connectivity index (χ4v) is 3.79. The van der Waals surface area contributed by atoms with Crippen molar-refractivity contribution < 1.29 is 35.9 Å². The van der Waals surface area contributed by atoms with Crippen LogP contribution in [0.25, 0.3) is 0 Å². The highest BCUT2D eigenvalue weighted by Crippen LogP contribution is 2.41. The number of likely N-dealkylation sites (tertiary alicyclic amines) is 1. The second kappa shape index (κ2) is 8.46. The molecular formula is C19H22F6N4O2. The Morgan fingerprint density at radius 1 is 1.32 bits per heavy atom. The molecule has 0 aliphatic carbocycles. The van der Waals surface area contributed by atoms with E-state index in [1.807, 2.05) is 0 Å². The monoisotopic (exact) mass is 452 g/mol. The Kier molecular flexibility index (Phi) is 6.28. The maximum absolute atomic E-state index is 14.5. The Hall–Kier alpha value is -2.66. The van der Waals surface area contributed by atoms with Crippen LogP contribution in [0.15, 0.2) is 23.2 Å². The number of carbonyl (C=O) groups excluding carboxylic acids is 1. The molecule has 3 N–H and O–H groups in total. The molecule has 6 nitrogen and oxygen atoms in total. The molecule has 2 heterocycles. The van der Waals surface area contributed by atoms with E-state index in [4.69, 9.17) is 5.73 Å². The van der Waals surface area contributed by atoms with Crippen LogP contribution in [-0.4, -0.2) is 48.7 Å². The molecular weight excluding hydrogens is 430 g/mol. The topological polar surface area (TPSA) is 80.0 Å². The third-order valence-corrected chi connectivity index (χ3v) is 5.55. The van der Waals surface area contributed by atoms with Gasteiger partial charge in [0.1, 0.15) is 5.82 Å². The van der Waals surface area contributed by atoms with Crippen molar-refractivity contribution in [1.29, 1.82) is 0 Å². The van der Waals surface area contributed by atoms with Gasteiger partial charge < -0.3 is 20.7 Å². The van der Waals surface area contributed by atoms with Gasteiger partial charge in [-0.15, -0.1) is 0 Å². The molecule has 2 atom stereocenters. The first-order chi connectivity index (χ1) is 14.4. The third kappa shape index (κ3) is 5.16. The number of carbonyl (C=O) groups is 1. The van der Waals surface area contributed by atoms with Crippen molar-refractivity contribution in [3.8, 4) is 0 Å². The normalized spacial score (nSPS) is 25.2. The number of amidine groups is 1. The Morgan fingerprint density at radius 3 is 2.55 bits per heavy atom. The average molecular weight is 452 g/mol. The zero-order valence-electron chi connectivity index (χ0n) is 16.6. The van der Waals surface area contributed by atoms with E-state index < -0.39 is 54.5 Å². The van der Waals surface area contributed by atoms with Gasteiger partial charge >= 0.3 is 12.2 Å². The van der Waals surface area contributed by atoms with Crippen molar-refractivity contribution in [3.05, 3.63) is 29.6 Å². The zero-order valence-corrected chi connectivity index (χ0v) is 16.6. The first kappa shape index (κ1) is 23.0. The summed E-state index contributed by atoms with van der Waals surface area (Å²) in [7, 11) is 0. The molecule has 12 heteroatoms. The van der Waals surface area contributed by atoms with E-state index in [0.717, 1.165) is 6.07 Å². The molecule has 1 fully saturated rings. The minimum atomic E-state index is -4.73. The van der Waals surface area contributed by atoms with Crippen LogP contribution in [0.2, 0.25) is 0 Å². The molecule has 0 aromatic heterocycles. The Bertz CT molecular complexity index is 854. The van der Waals surface area contributed by atoms with Gasteiger partial charge in [-0.25, -0.2) is 23.0 Å². The highest BCUT2D eigenvalue weighted by atomic mass is 19.4. The van der Waals surface area contributed by atoms with Crippen molar-refractivity contribution in [3.63, 3.8) is 0 Å². The molecule has 3 rings (SSSR count). The molecule has 2 amide bonds. The predicted molar refractivity (Wildman–Crippen MR) is 100 cm³/mol. The number of rotatable bonds is 3. The minimum absolute atomic E-state index is 0.127. The number of piperidine rings is 1. The second-order valence-corrected chi connectivity index (χ2v) is 7.86. The number of nitrogens with two attached hydrogens (primary N) is 1. The van der Waals surface area contributed by atoms with Crippen molar-refractivity contribution >= 4 is 17.7 Å². The fourth-order valence-electron chi connectivity index (χ4n) is 3.79. The lowest BCUT2D eigenvalue weighted by atomic mass is 9.85. The summed E-state index contributed by atoms with van der Waals surface area (Å²) in [4.78, 5) is 17.7. The fraction of sp³-hybridized carbons (Fsp3) is 0.579. The van der Waals surface area contributed by atoms with Crippen LogP contribution >= 0.6 is 0 Å². The summed E-state index contributed by atoms with van der Waals surface area (Å²) in [5.41, 5.74) is 3.67. The Morgan fingerprint density at radius 2 is 1.97 bits per heavy atom. The summed E-state index contributed by atoms with van der Waals surface area (Å²) in [6.07, 6.45) is -9.82. The number of ether oxygens (including phenoxy) is 1. The lowest BCUT2D eigenvalue weighted by Gasteiger charge is -2.36. The Balaban J connectivity index is 1.77. The van der Waals surface area contributed by atoms with Crippen LogP contribution in [0.5, 0.6) is 0 Å². The van der Waals surface area contributed by atoms with E-state index in [0.29, 0.717) is 0 Å². The van der Waals surface area contributed by atoms with Gasteiger partial charge in [-0.1, -0.05) is 0 Å². The molecule has 31 heavy (non-hydrogen) atoms. The lowest BCUT2D eigenvalue weighted by Crippen LogP contribution is -2.46. The molecule has 2 aliphatic rings. The van der Waals surface area contributed by atoms with E-state index in [-0.39, 0.29) is 37.2 Å². The molecule has 0 spiro atoms. The summed E-state index contributed by atoms with van der Waals surface area (Å²) in [6, 6.07) is 2.16. The molecule has 1 saturated heterocycles.